The largest absolute Gasteiger partial charge is 0.385 e. The summed E-state index contributed by atoms with van der Waals surface area (Å²) < 4.78 is 6.87. The molecule has 3 N–H and O–H groups in total. The average Bonchev–Trinajstić information content (AvgIpc) is 2.81. The second-order valence-electron chi connectivity index (χ2n) is 8.70. The molecule has 1 aromatic carbocycles. The molecule has 180 valence electrons. The number of H-pyrrole nitrogens is 1. The minimum atomic E-state index is -0.893. The molecule has 1 aliphatic carbocycles. The summed E-state index contributed by atoms with van der Waals surface area (Å²) in [6.45, 7) is 3.67. The Hall–Kier alpha value is -2.52. The van der Waals surface area contributed by atoms with Gasteiger partial charge in [0.15, 0.2) is 4.77 Å². The van der Waals surface area contributed by atoms with E-state index in [2.05, 4.69) is 22.5 Å². The molecule has 0 spiro atoms. The number of amides is 2. The van der Waals surface area contributed by atoms with Crippen LogP contribution in [0, 0.1) is 4.77 Å². The zero-order valence-corrected chi connectivity index (χ0v) is 20.3. The van der Waals surface area contributed by atoms with Crippen LogP contribution in [-0.2, 0) is 16.1 Å². The number of hydrogen-bond donors (Lipinski definition) is 3. The predicted molar refractivity (Wildman–Crippen MR) is 131 cm³/mol. The first-order valence-electron chi connectivity index (χ1n) is 11.8. The van der Waals surface area contributed by atoms with E-state index in [0.29, 0.717) is 60.2 Å². The molecule has 0 bridgehead atoms. The van der Waals surface area contributed by atoms with Crippen molar-refractivity contribution in [2.75, 3.05) is 20.3 Å². The standard InChI is InChI=1S/C24H34N4O4S/c1-3-4-13-25-22(31)24(11-6-5-7-12-24)27-20(29)17-9-10-18-19(16-17)26-23(33)28(21(18)30)14-8-15-32-2/h9-10,16H,3-8,11-15H2,1-2H3,(H,25,31)(H,26,33)(H,27,29). The van der Waals surface area contributed by atoms with Gasteiger partial charge < -0.3 is 20.4 Å². The number of benzene rings is 1. The van der Waals surface area contributed by atoms with E-state index in [-0.39, 0.29) is 17.4 Å². The van der Waals surface area contributed by atoms with Crippen molar-refractivity contribution >= 4 is 34.9 Å². The minimum Gasteiger partial charge on any atom is -0.385 e. The lowest BCUT2D eigenvalue weighted by atomic mass is 9.80. The highest BCUT2D eigenvalue weighted by atomic mass is 32.1. The van der Waals surface area contributed by atoms with Crippen molar-refractivity contribution in [3.05, 3.63) is 38.9 Å². The summed E-state index contributed by atoms with van der Waals surface area (Å²) in [5.74, 6) is -0.434. The molecule has 9 heteroatoms. The lowest BCUT2D eigenvalue weighted by molar-refractivity contribution is -0.128. The van der Waals surface area contributed by atoms with E-state index in [1.807, 2.05) is 0 Å². The predicted octanol–water partition coefficient (Wildman–Crippen LogP) is 3.44. The number of ether oxygens (including phenoxy) is 1. The molecule has 1 saturated carbocycles. The van der Waals surface area contributed by atoms with Crippen LogP contribution in [0.2, 0.25) is 0 Å². The van der Waals surface area contributed by atoms with Gasteiger partial charge in [0, 0.05) is 32.4 Å². The summed E-state index contributed by atoms with van der Waals surface area (Å²) >= 11 is 5.37. The number of hydrogen-bond acceptors (Lipinski definition) is 5. The van der Waals surface area contributed by atoms with Crippen molar-refractivity contribution in [3.8, 4) is 0 Å². The van der Waals surface area contributed by atoms with Crippen LogP contribution in [0.1, 0.15) is 68.6 Å². The van der Waals surface area contributed by atoms with Crippen LogP contribution in [0.3, 0.4) is 0 Å². The fraction of sp³-hybridized carbons (Fsp3) is 0.583. The third-order valence-corrected chi connectivity index (χ3v) is 6.61. The number of methoxy groups -OCH3 is 1. The fourth-order valence-electron chi connectivity index (χ4n) is 4.37. The molecular weight excluding hydrogens is 440 g/mol. The summed E-state index contributed by atoms with van der Waals surface area (Å²) in [6, 6.07) is 4.90. The van der Waals surface area contributed by atoms with E-state index in [9.17, 15) is 14.4 Å². The summed E-state index contributed by atoms with van der Waals surface area (Å²) in [5.41, 5.74) is -0.201. The zero-order chi connectivity index (χ0) is 23.8. The third kappa shape index (κ3) is 5.89. The second kappa shape index (κ2) is 11.6. The molecule has 3 rings (SSSR count). The fourth-order valence-corrected chi connectivity index (χ4v) is 4.65. The zero-order valence-electron chi connectivity index (χ0n) is 19.5. The molecule has 0 aliphatic heterocycles. The first-order chi connectivity index (χ1) is 15.9. The number of carbonyl (C=O) groups is 2. The lowest BCUT2D eigenvalue weighted by Crippen LogP contribution is -2.59. The molecule has 1 heterocycles. The molecule has 0 atom stereocenters. The maximum Gasteiger partial charge on any atom is 0.262 e. The van der Waals surface area contributed by atoms with Crippen molar-refractivity contribution in [3.63, 3.8) is 0 Å². The van der Waals surface area contributed by atoms with Gasteiger partial charge in [0.05, 0.1) is 10.9 Å². The Balaban J connectivity index is 1.84. The third-order valence-electron chi connectivity index (χ3n) is 6.28. The molecule has 1 fully saturated rings. The Morgan fingerprint density at radius 2 is 1.97 bits per heavy atom. The maximum absolute atomic E-state index is 13.2. The molecule has 33 heavy (non-hydrogen) atoms. The summed E-state index contributed by atoms with van der Waals surface area (Å²) in [6.07, 6.45) is 6.67. The smallest absolute Gasteiger partial charge is 0.262 e. The van der Waals surface area contributed by atoms with Gasteiger partial charge in [-0.3, -0.25) is 19.0 Å². The highest BCUT2D eigenvalue weighted by molar-refractivity contribution is 7.71. The highest BCUT2D eigenvalue weighted by Crippen LogP contribution is 2.29. The summed E-state index contributed by atoms with van der Waals surface area (Å²) in [7, 11) is 1.61. The number of aromatic nitrogens is 2. The van der Waals surface area contributed by atoms with Gasteiger partial charge in [-0.2, -0.15) is 0 Å². The van der Waals surface area contributed by atoms with Gasteiger partial charge in [-0.15, -0.1) is 0 Å². The molecule has 0 unspecified atom stereocenters. The van der Waals surface area contributed by atoms with Crippen LogP contribution >= 0.6 is 12.2 Å². The molecular formula is C24H34N4O4S. The van der Waals surface area contributed by atoms with Gasteiger partial charge in [-0.05, 0) is 56.1 Å². The van der Waals surface area contributed by atoms with Crippen LogP contribution in [-0.4, -0.2) is 47.2 Å². The van der Waals surface area contributed by atoms with E-state index in [1.165, 1.54) is 4.57 Å². The maximum atomic E-state index is 13.2. The summed E-state index contributed by atoms with van der Waals surface area (Å²) in [4.78, 5) is 42.1. The molecule has 1 aliphatic rings. The van der Waals surface area contributed by atoms with Crippen LogP contribution < -0.4 is 16.2 Å². The van der Waals surface area contributed by atoms with E-state index in [0.717, 1.165) is 32.1 Å². The molecule has 8 nitrogen and oxygen atoms in total. The van der Waals surface area contributed by atoms with E-state index >= 15 is 0 Å². The van der Waals surface area contributed by atoms with Gasteiger partial charge in [-0.25, -0.2) is 0 Å². The van der Waals surface area contributed by atoms with Gasteiger partial charge in [0.25, 0.3) is 11.5 Å². The molecule has 0 saturated heterocycles. The number of nitrogens with one attached hydrogen (secondary N) is 3. The number of aromatic amines is 1. The summed E-state index contributed by atoms with van der Waals surface area (Å²) in [5, 5.41) is 6.48. The van der Waals surface area contributed by atoms with Crippen LogP contribution in [0.15, 0.2) is 23.0 Å². The van der Waals surface area contributed by atoms with Gasteiger partial charge in [-0.1, -0.05) is 32.6 Å². The van der Waals surface area contributed by atoms with Gasteiger partial charge in [0.2, 0.25) is 5.91 Å². The van der Waals surface area contributed by atoms with Crippen molar-refractivity contribution in [1.29, 1.82) is 0 Å². The Morgan fingerprint density at radius 1 is 1.21 bits per heavy atom. The Morgan fingerprint density at radius 3 is 2.67 bits per heavy atom. The molecule has 1 aromatic heterocycles. The lowest BCUT2D eigenvalue weighted by Gasteiger charge is -2.36. The average molecular weight is 475 g/mol. The molecule has 2 amide bonds. The molecule has 2 aromatic rings. The van der Waals surface area contributed by atoms with Crippen molar-refractivity contribution < 1.29 is 14.3 Å². The number of carbonyl (C=O) groups excluding carboxylic acids is 2. The topological polar surface area (TPSA) is 105 Å². The Bertz CT molecular complexity index is 1100. The van der Waals surface area contributed by atoms with Gasteiger partial charge in [0.1, 0.15) is 5.54 Å². The van der Waals surface area contributed by atoms with Crippen molar-refractivity contribution in [1.82, 2.24) is 20.2 Å². The van der Waals surface area contributed by atoms with Gasteiger partial charge >= 0.3 is 0 Å². The first kappa shape index (κ1) is 25.1. The van der Waals surface area contributed by atoms with E-state index < -0.39 is 5.54 Å². The number of unbranched alkanes of at least 4 members (excludes halogenated alkanes) is 1. The Labute approximate surface area is 199 Å². The second-order valence-corrected chi connectivity index (χ2v) is 9.09. The minimum absolute atomic E-state index is 0.108. The number of nitrogens with zero attached hydrogens (tertiary/aromatic N) is 1. The van der Waals surface area contributed by atoms with Crippen LogP contribution in [0.5, 0.6) is 0 Å². The first-order valence-corrected chi connectivity index (χ1v) is 12.2. The Kier molecular flexibility index (Phi) is 8.80. The van der Waals surface area contributed by atoms with Crippen molar-refractivity contribution in [2.45, 2.75) is 70.4 Å². The number of rotatable bonds is 10. The monoisotopic (exact) mass is 474 g/mol. The van der Waals surface area contributed by atoms with E-state index in [1.54, 1.807) is 25.3 Å². The quantitative estimate of drug-likeness (QED) is 0.361. The van der Waals surface area contributed by atoms with Crippen molar-refractivity contribution in [2.24, 2.45) is 0 Å². The molecule has 0 radical (unpaired) electrons. The highest BCUT2D eigenvalue weighted by Gasteiger charge is 2.40. The SMILES string of the molecule is CCCCNC(=O)C1(NC(=O)c2ccc3c(=O)n(CCCOC)c(=S)[nH]c3c2)CCCCC1. The van der Waals surface area contributed by atoms with Crippen LogP contribution in [0.25, 0.3) is 10.9 Å². The van der Waals surface area contributed by atoms with E-state index in [4.69, 9.17) is 17.0 Å². The number of fused-ring (bicyclic) bond motifs is 1. The van der Waals surface area contributed by atoms with Crippen LogP contribution in [0.4, 0.5) is 0 Å². The normalized spacial score (nSPS) is 15.3.